The largest absolute Gasteiger partial charge is 0.508 e. The summed E-state index contributed by atoms with van der Waals surface area (Å²) in [5, 5.41) is 23.5. The molecule has 3 N–H and O–H groups in total. The second kappa shape index (κ2) is 12.1. The Kier molecular flexibility index (Phi) is 8.91. The normalized spacial score (nSPS) is 25.3. The number of aryl methyl sites for hydroxylation is 1. The number of phenols is 2. The van der Waals surface area contributed by atoms with E-state index >= 15 is 0 Å². The van der Waals surface area contributed by atoms with E-state index in [1.165, 1.54) is 43.2 Å². The summed E-state index contributed by atoms with van der Waals surface area (Å²) in [5.74, 6) is 2.60. The van der Waals surface area contributed by atoms with E-state index < -0.39 is 0 Å². The number of benzene rings is 2. The molecule has 0 radical (unpaired) electrons. The summed E-state index contributed by atoms with van der Waals surface area (Å²) in [7, 11) is 0. The Bertz CT molecular complexity index is 878. The third-order valence-electron chi connectivity index (χ3n) is 8.63. The number of hydrogen-bond acceptors (Lipinski definition) is 4. The number of aromatic hydroxyl groups is 2. The Hall–Kier alpha value is -2.04. The number of nitrogens with zero attached hydrogens (tertiary/aromatic N) is 1. The minimum absolute atomic E-state index is 0.343. The van der Waals surface area contributed by atoms with Crippen LogP contribution in [0.5, 0.6) is 11.5 Å². The molecule has 2 aliphatic rings. The number of likely N-dealkylation sites (tertiary alicyclic amines) is 1. The van der Waals surface area contributed by atoms with Crippen LogP contribution in [0.15, 0.2) is 48.5 Å². The number of nitrogens with one attached hydrogen (secondary N) is 1. The first-order chi connectivity index (χ1) is 16.5. The molecule has 2 aromatic rings. The summed E-state index contributed by atoms with van der Waals surface area (Å²) < 4.78 is 0. The molecule has 2 aromatic carbocycles. The van der Waals surface area contributed by atoms with E-state index in [4.69, 9.17) is 0 Å². The Morgan fingerprint density at radius 2 is 1.71 bits per heavy atom. The molecule has 0 bridgehead atoms. The lowest BCUT2D eigenvalue weighted by atomic mass is 9.76. The molecule has 2 fully saturated rings. The summed E-state index contributed by atoms with van der Waals surface area (Å²) >= 11 is 0. The predicted molar refractivity (Wildman–Crippen MR) is 140 cm³/mol. The van der Waals surface area contributed by atoms with Crippen LogP contribution in [0.2, 0.25) is 0 Å². The highest BCUT2D eigenvalue weighted by Crippen LogP contribution is 2.38. The van der Waals surface area contributed by atoms with Crippen LogP contribution in [-0.2, 0) is 6.42 Å². The highest BCUT2D eigenvalue weighted by atomic mass is 16.3. The maximum Gasteiger partial charge on any atom is 0.115 e. The van der Waals surface area contributed by atoms with Crippen LogP contribution in [-0.4, -0.2) is 46.8 Å². The van der Waals surface area contributed by atoms with Gasteiger partial charge in [0.2, 0.25) is 0 Å². The van der Waals surface area contributed by atoms with E-state index in [-0.39, 0.29) is 0 Å². The van der Waals surface area contributed by atoms with Gasteiger partial charge in [0.15, 0.2) is 0 Å². The SMILES string of the molecule is CC1[C@H](C)[C@H](c2cccc(O)c2)CCN1C[C@@H](NCCCc1ccc(O)cc1)C1CCCCC1. The zero-order valence-corrected chi connectivity index (χ0v) is 21.1. The maximum atomic E-state index is 9.97. The molecule has 1 aliphatic carbocycles. The van der Waals surface area contributed by atoms with Gasteiger partial charge < -0.3 is 15.5 Å². The van der Waals surface area contributed by atoms with Crippen molar-refractivity contribution in [1.82, 2.24) is 10.2 Å². The predicted octanol–water partition coefficient (Wildman–Crippen LogP) is 6.08. The van der Waals surface area contributed by atoms with E-state index in [0.29, 0.717) is 35.4 Å². The molecule has 4 heteroatoms. The van der Waals surface area contributed by atoms with Gasteiger partial charge in [0.25, 0.3) is 0 Å². The molecule has 34 heavy (non-hydrogen) atoms. The summed E-state index contributed by atoms with van der Waals surface area (Å²) in [6, 6.07) is 16.6. The highest BCUT2D eigenvalue weighted by Gasteiger charge is 2.35. The number of phenolic OH excluding ortho intramolecular Hbond substituents is 2. The van der Waals surface area contributed by atoms with Gasteiger partial charge in [-0.25, -0.2) is 0 Å². The van der Waals surface area contributed by atoms with Crippen molar-refractivity contribution in [3.8, 4) is 11.5 Å². The molecule has 1 unspecified atom stereocenters. The van der Waals surface area contributed by atoms with E-state index in [2.05, 4.69) is 30.1 Å². The number of piperidine rings is 1. The van der Waals surface area contributed by atoms with Crippen LogP contribution in [0.4, 0.5) is 0 Å². The summed E-state index contributed by atoms with van der Waals surface area (Å²) in [4.78, 5) is 2.73. The molecule has 4 atom stereocenters. The third kappa shape index (κ3) is 6.55. The molecule has 1 saturated heterocycles. The van der Waals surface area contributed by atoms with Gasteiger partial charge in [0, 0.05) is 18.6 Å². The number of rotatable bonds is 9. The molecule has 1 aliphatic heterocycles. The van der Waals surface area contributed by atoms with Crippen molar-refractivity contribution in [3.63, 3.8) is 0 Å². The van der Waals surface area contributed by atoms with Gasteiger partial charge in [-0.05, 0) is 105 Å². The van der Waals surface area contributed by atoms with Crippen LogP contribution in [0.25, 0.3) is 0 Å². The first-order valence-corrected chi connectivity index (χ1v) is 13.6. The van der Waals surface area contributed by atoms with E-state index in [0.717, 1.165) is 44.8 Å². The Morgan fingerprint density at radius 3 is 2.44 bits per heavy atom. The van der Waals surface area contributed by atoms with Gasteiger partial charge in [0.1, 0.15) is 11.5 Å². The summed E-state index contributed by atoms with van der Waals surface area (Å²) in [5.41, 5.74) is 2.58. The van der Waals surface area contributed by atoms with Crippen molar-refractivity contribution in [2.24, 2.45) is 11.8 Å². The zero-order valence-electron chi connectivity index (χ0n) is 21.1. The van der Waals surface area contributed by atoms with E-state index in [1.54, 1.807) is 18.2 Å². The first kappa shape index (κ1) is 25.1. The molecule has 0 aromatic heterocycles. The van der Waals surface area contributed by atoms with E-state index in [9.17, 15) is 10.2 Å². The zero-order chi connectivity index (χ0) is 23.9. The van der Waals surface area contributed by atoms with Crippen LogP contribution in [0.1, 0.15) is 75.8 Å². The fourth-order valence-electron chi connectivity index (χ4n) is 6.34. The molecule has 4 nitrogen and oxygen atoms in total. The molecule has 186 valence electrons. The van der Waals surface area contributed by atoms with E-state index in [1.807, 2.05) is 24.3 Å². The standard InChI is InChI=1S/C30H44N2O2/c1-22-23(2)32(19-17-29(22)26-11-6-12-28(34)20-26)21-30(25-9-4-3-5-10-25)31-18-7-8-24-13-15-27(33)16-14-24/h6,11-16,20,22-23,25,29-31,33-34H,3-5,7-10,17-19,21H2,1-2H3/t22-,23?,29+,30+/m0/s1. The molecule has 1 saturated carbocycles. The van der Waals surface area contributed by atoms with Gasteiger partial charge in [-0.3, -0.25) is 4.90 Å². The number of hydrogen-bond donors (Lipinski definition) is 3. The molecular formula is C30H44N2O2. The lowest BCUT2D eigenvalue weighted by molar-refractivity contribution is 0.0725. The fourth-order valence-corrected chi connectivity index (χ4v) is 6.34. The van der Waals surface area contributed by atoms with Crippen molar-refractivity contribution in [2.45, 2.75) is 83.2 Å². The highest BCUT2D eigenvalue weighted by molar-refractivity contribution is 5.30. The van der Waals surface area contributed by atoms with Crippen molar-refractivity contribution < 1.29 is 10.2 Å². The van der Waals surface area contributed by atoms with Gasteiger partial charge in [0.05, 0.1) is 0 Å². The lowest BCUT2D eigenvalue weighted by Crippen LogP contribution is -2.53. The van der Waals surface area contributed by atoms with Crippen molar-refractivity contribution in [1.29, 1.82) is 0 Å². The average Bonchev–Trinajstić information content (AvgIpc) is 2.85. The van der Waals surface area contributed by atoms with Crippen molar-refractivity contribution in [2.75, 3.05) is 19.6 Å². The topological polar surface area (TPSA) is 55.7 Å². The summed E-state index contributed by atoms with van der Waals surface area (Å²) in [6.45, 7) is 8.12. The molecule has 4 rings (SSSR count). The maximum absolute atomic E-state index is 9.97. The van der Waals surface area contributed by atoms with Crippen molar-refractivity contribution in [3.05, 3.63) is 59.7 Å². The molecular weight excluding hydrogens is 420 g/mol. The lowest BCUT2D eigenvalue weighted by Gasteiger charge is -2.45. The second-order valence-electron chi connectivity index (χ2n) is 10.8. The minimum atomic E-state index is 0.343. The van der Waals surface area contributed by atoms with Gasteiger partial charge in [-0.2, -0.15) is 0 Å². The minimum Gasteiger partial charge on any atom is -0.508 e. The Balaban J connectivity index is 1.34. The fraction of sp³-hybridized carbons (Fsp3) is 0.600. The van der Waals surface area contributed by atoms with Crippen LogP contribution < -0.4 is 5.32 Å². The Morgan fingerprint density at radius 1 is 0.941 bits per heavy atom. The van der Waals surface area contributed by atoms with Gasteiger partial charge in [-0.1, -0.05) is 50.5 Å². The second-order valence-corrected chi connectivity index (χ2v) is 10.8. The van der Waals surface area contributed by atoms with Crippen LogP contribution in [0.3, 0.4) is 0 Å². The monoisotopic (exact) mass is 464 g/mol. The van der Waals surface area contributed by atoms with Crippen LogP contribution in [0, 0.1) is 11.8 Å². The third-order valence-corrected chi connectivity index (χ3v) is 8.63. The average molecular weight is 465 g/mol. The first-order valence-electron chi connectivity index (χ1n) is 13.6. The molecule has 1 heterocycles. The van der Waals surface area contributed by atoms with Crippen LogP contribution >= 0.6 is 0 Å². The van der Waals surface area contributed by atoms with Crippen molar-refractivity contribution >= 4 is 0 Å². The smallest absolute Gasteiger partial charge is 0.115 e. The molecule has 0 amide bonds. The Labute approximate surface area is 206 Å². The molecule has 0 spiro atoms. The van der Waals surface area contributed by atoms with Gasteiger partial charge in [-0.15, -0.1) is 0 Å². The summed E-state index contributed by atoms with van der Waals surface area (Å²) in [6.07, 6.45) is 10.2. The van der Waals surface area contributed by atoms with Gasteiger partial charge >= 0.3 is 0 Å². The quantitative estimate of drug-likeness (QED) is 0.394.